The van der Waals surface area contributed by atoms with E-state index in [9.17, 15) is 4.79 Å². The summed E-state index contributed by atoms with van der Waals surface area (Å²) < 4.78 is 16.9. The van der Waals surface area contributed by atoms with Crippen LogP contribution >= 0.6 is 0 Å². The molecule has 0 unspecified atom stereocenters. The smallest absolute Gasteiger partial charge is 0.328 e. The third-order valence-corrected chi connectivity index (χ3v) is 2.72. The molecule has 1 aromatic carbocycles. The molecule has 0 radical (unpaired) electrons. The van der Waals surface area contributed by atoms with Crippen molar-refractivity contribution in [3.63, 3.8) is 0 Å². The first-order valence-corrected chi connectivity index (χ1v) is 7.02. The SMILES string of the molecule is CCOc1ccc(/C(C)=C/C(=O)O)c(OCC)c1OCC. The number of ether oxygens (including phenoxy) is 3. The topological polar surface area (TPSA) is 65.0 Å². The molecule has 21 heavy (non-hydrogen) atoms. The highest BCUT2D eigenvalue weighted by Crippen LogP contribution is 2.42. The Bertz CT molecular complexity index is 520. The van der Waals surface area contributed by atoms with Gasteiger partial charge in [0.15, 0.2) is 11.5 Å². The monoisotopic (exact) mass is 294 g/mol. The molecule has 1 aromatic rings. The standard InChI is InChI=1S/C16H22O5/c1-5-19-13-9-8-12(11(4)10-14(17)18)15(20-6-2)16(13)21-7-3/h8-10H,5-7H2,1-4H3,(H,17,18)/b11-10+. The maximum Gasteiger partial charge on any atom is 0.328 e. The average molecular weight is 294 g/mol. The lowest BCUT2D eigenvalue weighted by molar-refractivity contribution is -0.131. The van der Waals surface area contributed by atoms with Gasteiger partial charge in [0, 0.05) is 11.6 Å². The molecule has 0 aliphatic rings. The zero-order valence-electron chi connectivity index (χ0n) is 12.9. The molecular weight excluding hydrogens is 272 g/mol. The molecular formula is C16H22O5. The second kappa shape index (κ2) is 8.19. The summed E-state index contributed by atoms with van der Waals surface area (Å²) in [5.41, 5.74) is 1.28. The lowest BCUT2D eigenvalue weighted by atomic mass is 10.0. The summed E-state index contributed by atoms with van der Waals surface area (Å²) in [5.74, 6) is 0.619. The Morgan fingerprint density at radius 2 is 1.62 bits per heavy atom. The van der Waals surface area contributed by atoms with E-state index in [0.29, 0.717) is 48.2 Å². The van der Waals surface area contributed by atoms with Gasteiger partial charge in [-0.1, -0.05) is 0 Å². The largest absolute Gasteiger partial charge is 0.490 e. The summed E-state index contributed by atoms with van der Waals surface area (Å²) in [4.78, 5) is 10.9. The van der Waals surface area contributed by atoms with Gasteiger partial charge in [0.05, 0.1) is 19.8 Å². The quantitative estimate of drug-likeness (QED) is 0.745. The molecule has 5 heteroatoms. The fraction of sp³-hybridized carbons (Fsp3) is 0.438. The van der Waals surface area contributed by atoms with E-state index in [0.717, 1.165) is 6.08 Å². The van der Waals surface area contributed by atoms with E-state index in [-0.39, 0.29) is 0 Å². The average Bonchev–Trinajstić information content (AvgIpc) is 2.42. The van der Waals surface area contributed by atoms with Crippen molar-refractivity contribution in [1.29, 1.82) is 0 Å². The molecule has 1 rings (SSSR count). The van der Waals surface area contributed by atoms with Crippen LogP contribution in [0.25, 0.3) is 5.57 Å². The molecule has 0 saturated heterocycles. The van der Waals surface area contributed by atoms with Crippen LogP contribution in [0.5, 0.6) is 17.2 Å². The summed E-state index contributed by atoms with van der Waals surface area (Å²) in [6.07, 6.45) is 1.15. The summed E-state index contributed by atoms with van der Waals surface area (Å²) >= 11 is 0. The van der Waals surface area contributed by atoms with Gasteiger partial charge < -0.3 is 19.3 Å². The van der Waals surface area contributed by atoms with Crippen molar-refractivity contribution in [2.24, 2.45) is 0 Å². The molecule has 0 heterocycles. The molecule has 0 aliphatic heterocycles. The predicted molar refractivity (Wildman–Crippen MR) is 81.2 cm³/mol. The van der Waals surface area contributed by atoms with Crippen molar-refractivity contribution in [2.45, 2.75) is 27.7 Å². The third-order valence-electron chi connectivity index (χ3n) is 2.72. The Balaban J connectivity index is 3.43. The number of carboxylic acid groups (broad SMARTS) is 1. The van der Waals surface area contributed by atoms with E-state index in [1.54, 1.807) is 19.1 Å². The normalized spacial score (nSPS) is 11.1. The Labute approximate surface area is 125 Å². The van der Waals surface area contributed by atoms with Crippen LogP contribution in [0.3, 0.4) is 0 Å². The highest BCUT2D eigenvalue weighted by molar-refractivity contribution is 5.91. The number of allylic oxidation sites excluding steroid dienone is 1. The van der Waals surface area contributed by atoms with Crippen molar-refractivity contribution in [3.05, 3.63) is 23.8 Å². The van der Waals surface area contributed by atoms with Gasteiger partial charge in [-0.15, -0.1) is 0 Å². The maximum absolute atomic E-state index is 10.9. The van der Waals surface area contributed by atoms with Gasteiger partial charge in [0.25, 0.3) is 0 Å². The third kappa shape index (κ3) is 4.41. The van der Waals surface area contributed by atoms with E-state index in [1.807, 2.05) is 20.8 Å². The Morgan fingerprint density at radius 3 is 2.14 bits per heavy atom. The number of carbonyl (C=O) groups is 1. The fourth-order valence-corrected chi connectivity index (χ4v) is 1.96. The highest BCUT2D eigenvalue weighted by Gasteiger charge is 2.18. The molecule has 0 aromatic heterocycles. The summed E-state index contributed by atoms with van der Waals surface area (Å²) in [5, 5.41) is 8.90. The number of carboxylic acids is 1. The van der Waals surface area contributed by atoms with E-state index in [4.69, 9.17) is 19.3 Å². The van der Waals surface area contributed by atoms with Crippen molar-refractivity contribution in [1.82, 2.24) is 0 Å². The van der Waals surface area contributed by atoms with E-state index in [2.05, 4.69) is 0 Å². The number of hydrogen-bond donors (Lipinski definition) is 1. The van der Waals surface area contributed by atoms with Gasteiger partial charge >= 0.3 is 5.97 Å². The molecule has 0 aliphatic carbocycles. The minimum Gasteiger partial charge on any atom is -0.490 e. The van der Waals surface area contributed by atoms with Crippen LogP contribution in [0, 0.1) is 0 Å². The Morgan fingerprint density at radius 1 is 1.05 bits per heavy atom. The fourth-order valence-electron chi connectivity index (χ4n) is 1.96. The molecule has 0 saturated carbocycles. The lowest BCUT2D eigenvalue weighted by Crippen LogP contribution is -2.04. The zero-order chi connectivity index (χ0) is 15.8. The first-order valence-electron chi connectivity index (χ1n) is 7.02. The molecule has 0 bridgehead atoms. The van der Waals surface area contributed by atoms with E-state index < -0.39 is 5.97 Å². The molecule has 0 spiro atoms. The van der Waals surface area contributed by atoms with Crippen LogP contribution < -0.4 is 14.2 Å². The minimum absolute atomic E-state index is 0.447. The molecule has 5 nitrogen and oxygen atoms in total. The van der Waals surface area contributed by atoms with Crippen molar-refractivity contribution < 1.29 is 24.1 Å². The maximum atomic E-state index is 10.9. The number of rotatable bonds is 8. The van der Waals surface area contributed by atoms with Crippen LogP contribution in [0.4, 0.5) is 0 Å². The van der Waals surface area contributed by atoms with Crippen molar-refractivity contribution >= 4 is 11.5 Å². The minimum atomic E-state index is -0.998. The lowest BCUT2D eigenvalue weighted by Gasteiger charge is -2.18. The summed E-state index contributed by atoms with van der Waals surface area (Å²) in [7, 11) is 0. The molecule has 1 N–H and O–H groups in total. The van der Waals surface area contributed by atoms with Gasteiger partial charge in [-0.2, -0.15) is 0 Å². The second-order valence-electron chi connectivity index (χ2n) is 4.23. The van der Waals surface area contributed by atoms with Gasteiger partial charge in [-0.3, -0.25) is 0 Å². The van der Waals surface area contributed by atoms with Crippen LogP contribution in [0.2, 0.25) is 0 Å². The first kappa shape index (κ1) is 16.9. The van der Waals surface area contributed by atoms with E-state index >= 15 is 0 Å². The van der Waals surface area contributed by atoms with Gasteiger partial charge in [0.1, 0.15) is 0 Å². The van der Waals surface area contributed by atoms with Crippen LogP contribution in [0.15, 0.2) is 18.2 Å². The van der Waals surface area contributed by atoms with Crippen molar-refractivity contribution in [2.75, 3.05) is 19.8 Å². The molecule has 116 valence electrons. The Hall–Kier alpha value is -2.17. The predicted octanol–water partition coefficient (Wildman–Crippen LogP) is 3.37. The summed E-state index contributed by atoms with van der Waals surface area (Å²) in [6.45, 7) is 8.77. The van der Waals surface area contributed by atoms with Gasteiger partial charge in [0.2, 0.25) is 5.75 Å². The number of aliphatic carboxylic acids is 1. The highest BCUT2D eigenvalue weighted by atomic mass is 16.5. The number of benzene rings is 1. The molecule has 0 atom stereocenters. The van der Waals surface area contributed by atoms with Gasteiger partial charge in [-0.25, -0.2) is 4.79 Å². The van der Waals surface area contributed by atoms with Crippen LogP contribution in [-0.4, -0.2) is 30.9 Å². The molecule has 0 fully saturated rings. The van der Waals surface area contributed by atoms with Gasteiger partial charge in [-0.05, 0) is 45.4 Å². The number of hydrogen-bond acceptors (Lipinski definition) is 4. The van der Waals surface area contributed by atoms with Crippen LogP contribution in [0.1, 0.15) is 33.3 Å². The zero-order valence-corrected chi connectivity index (χ0v) is 12.9. The van der Waals surface area contributed by atoms with Crippen molar-refractivity contribution in [3.8, 4) is 17.2 Å². The first-order chi connectivity index (χ1) is 10.0. The summed E-state index contributed by atoms with van der Waals surface area (Å²) in [6, 6.07) is 3.55. The molecule has 0 amide bonds. The Kier molecular flexibility index (Phi) is 6.59. The second-order valence-corrected chi connectivity index (χ2v) is 4.23. The van der Waals surface area contributed by atoms with E-state index in [1.165, 1.54) is 0 Å². The van der Waals surface area contributed by atoms with Crippen LogP contribution in [-0.2, 0) is 4.79 Å².